The molecule has 0 aromatic heterocycles. The van der Waals surface area contributed by atoms with Crippen molar-refractivity contribution in [2.24, 2.45) is 11.8 Å². The van der Waals surface area contributed by atoms with E-state index in [1.807, 2.05) is 0 Å². The van der Waals surface area contributed by atoms with Gasteiger partial charge in [-0.15, -0.1) is 11.6 Å². The van der Waals surface area contributed by atoms with Crippen LogP contribution in [0.3, 0.4) is 0 Å². The van der Waals surface area contributed by atoms with Crippen LogP contribution in [-0.4, -0.2) is 18.3 Å². The number of nitrogens with one attached hydrogen (secondary N) is 1. The molecule has 1 amide bonds. The minimum atomic E-state index is 0.254. The Labute approximate surface area is 91.4 Å². The highest BCUT2D eigenvalue weighted by Crippen LogP contribution is 2.26. The molecule has 0 radical (unpaired) electrons. The third-order valence-corrected chi connectivity index (χ3v) is 3.35. The predicted octanol–water partition coefficient (Wildman–Crippen LogP) is 2.56. The largest absolute Gasteiger partial charge is 0.356 e. The first-order chi connectivity index (χ1) is 6.77. The van der Waals surface area contributed by atoms with E-state index >= 15 is 0 Å². The highest BCUT2D eigenvalue weighted by atomic mass is 35.5. The van der Waals surface area contributed by atoms with E-state index in [9.17, 15) is 4.79 Å². The summed E-state index contributed by atoms with van der Waals surface area (Å²) < 4.78 is 0. The van der Waals surface area contributed by atoms with Gasteiger partial charge in [0.05, 0.1) is 0 Å². The number of hydrogen-bond donors (Lipinski definition) is 1. The van der Waals surface area contributed by atoms with E-state index in [-0.39, 0.29) is 5.91 Å². The summed E-state index contributed by atoms with van der Waals surface area (Å²) in [4.78, 5) is 11.5. The van der Waals surface area contributed by atoms with Crippen LogP contribution in [0.1, 0.15) is 39.0 Å². The number of amides is 1. The summed E-state index contributed by atoms with van der Waals surface area (Å²) in [6, 6.07) is 0. The number of hydrogen-bond acceptors (Lipinski definition) is 1. The molecule has 1 fully saturated rings. The smallest absolute Gasteiger partial charge is 0.223 e. The Morgan fingerprint density at radius 2 is 2.29 bits per heavy atom. The fourth-order valence-corrected chi connectivity index (χ4v) is 1.97. The summed E-state index contributed by atoms with van der Waals surface area (Å²) in [6.45, 7) is 2.95. The van der Waals surface area contributed by atoms with Crippen LogP contribution in [0.5, 0.6) is 0 Å². The van der Waals surface area contributed by atoms with Gasteiger partial charge in [0, 0.05) is 18.3 Å². The summed E-state index contributed by atoms with van der Waals surface area (Å²) in [7, 11) is 0. The highest BCUT2D eigenvalue weighted by molar-refractivity contribution is 6.17. The van der Waals surface area contributed by atoms with Gasteiger partial charge in [0.2, 0.25) is 5.91 Å². The van der Waals surface area contributed by atoms with Crippen LogP contribution in [0.15, 0.2) is 0 Å². The molecule has 14 heavy (non-hydrogen) atoms. The maximum Gasteiger partial charge on any atom is 0.223 e. The third kappa shape index (κ3) is 3.49. The van der Waals surface area contributed by atoms with Crippen LogP contribution in [0.2, 0.25) is 0 Å². The zero-order chi connectivity index (χ0) is 10.4. The van der Waals surface area contributed by atoms with Gasteiger partial charge in [-0.25, -0.2) is 0 Å². The average molecular weight is 218 g/mol. The van der Waals surface area contributed by atoms with Crippen LogP contribution >= 0.6 is 11.6 Å². The topological polar surface area (TPSA) is 29.1 Å². The average Bonchev–Trinajstić information content (AvgIpc) is 2.09. The van der Waals surface area contributed by atoms with Gasteiger partial charge in [0.1, 0.15) is 0 Å². The molecule has 0 saturated heterocycles. The van der Waals surface area contributed by atoms with Crippen LogP contribution < -0.4 is 5.32 Å². The quantitative estimate of drug-likeness (QED) is 0.681. The van der Waals surface area contributed by atoms with Gasteiger partial charge in [-0.3, -0.25) is 4.79 Å². The van der Waals surface area contributed by atoms with Crippen molar-refractivity contribution in [3.63, 3.8) is 0 Å². The fraction of sp³-hybridized carbons (Fsp3) is 0.909. The second-order valence-corrected chi connectivity index (χ2v) is 4.50. The van der Waals surface area contributed by atoms with Gasteiger partial charge in [0.15, 0.2) is 0 Å². The molecular weight excluding hydrogens is 198 g/mol. The number of carbonyl (C=O) groups is 1. The molecule has 1 saturated carbocycles. The lowest BCUT2D eigenvalue weighted by Crippen LogP contribution is -2.37. The summed E-state index contributed by atoms with van der Waals surface area (Å²) in [5.74, 6) is 1.81. The summed E-state index contributed by atoms with van der Waals surface area (Å²) in [5, 5.41) is 3.02. The summed E-state index contributed by atoms with van der Waals surface area (Å²) in [6.07, 6.45) is 5.48. The van der Waals surface area contributed by atoms with Gasteiger partial charge >= 0.3 is 0 Å². The Kier molecular flexibility index (Phi) is 5.31. The number of rotatable bonds is 6. The monoisotopic (exact) mass is 217 g/mol. The van der Waals surface area contributed by atoms with E-state index in [4.69, 9.17) is 11.6 Å². The molecule has 1 unspecified atom stereocenters. The van der Waals surface area contributed by atoms with Crippen molar-refractivity contribution in [2.45, 2.75) is 39.0 Å². The molecule has 0 aromatic rings. The van der Waals surface area contributed by atoms with Crippen molar-refractivity contribution in [2.75, 3.05) is 12.4 Å². The van der Waals surface area contributed by atoms with Crippen molar-refractivity contribution in [3.8, 4) is 0 Å². The van der Waals surface area contributed by atoms with Crippen molar-refractivity contribution in [3.05, 3.63) is 0 Å². The van der Waals surface area contributed by atoms with Crippen LogP contribution in [0.4, 0.5) is 0 Å². The lowest BCUT2D eigenvalue weighted by atomic mass is 9.84. The standard InChI is InChI=1S/C11H20ClNO/c1-2-9(6-7-12)8-13-11(14)10-4-3-5-10/h9-10H,2-8H2,1H3,(H,13,14). The lowest BCUT2D eigenvalue weighted by Gasteiger charge is -2.25. The second-order valence-electron chi connectivity index (χ2n) is 4.12. The Morgan fingerprint density at radius 3 is 2.71 bits per heavy atom. The molecule has 3 heteroatoms. The van der Waals surface area contributed by atoms with E-state index in [2.05, 4.69) is 12.2 Å². The minimum absolute atomic E-state index is 0.254. The third-order valence-electron chi connectivity index (χ3n) is 3.14. The molecule has 1 N–H and O–H groups in total. The zero-order valence-electron chi connectivity index (χ0n) is 8.89. The molecule has 0 heterocycles. The zero-order valence-corrected chi connectivity index (χ0v) is 9.65. The van der Waals surface area contributed by atoms with E-state index in [0.29, 0.717) is 17.7 Å². The van der Waals surface area contributed by atoms with Crippen LogP contribution in [0.25, 0.3) is 0 Å². The van der Waals surface area contributed by atoms with Crippen LogP contribution in [-0.2, 0) is 4.79 Å². The maximum atomic E-state index is 11.5. The van der Waals surface area contributed by atoms with Gasteiger partial charge in [0.25, 0.3) is 0 Å². The van der Waals surface area contributed by atoms with E-state index < -0.39 is 0 Å². The summed E-state index contributed by atoms with van der Waals surface area (Å²) in [5.41, 5.74) is 0. The molecule has 0 spiro atoms. The molecule has 0 aromatic carbocycles. The van der Waals surface area contributed by atoms with Gasteiger partial charge < -0.3 is 5.32 Å². The van der Waals surface area contributed by atoms with E-state index in [1.54, 1.807) is 0 Å². The number of alkyl halides is 1. The maximum absolute atomic E-state index is 11.5. The lowest BCUT2D eigenvalue weighted by molar-refractivity contribution is -0.127. The molecule has 0 aliphatic heterocycles. The Bertz CT molecular complexity index is 180. The Morgan fingerprint density at radius 1 is 1.57 bits per heavy atom. The number of halogens is 1. The van der Waals surface area contributed by atoms with Gasteiger partial charge in [-0.05, 0) is 25.2 Å². The molecule has 1 rings (SSSR count). The first-order valence-corrected chi connectivity index (χ1v) is 6.15. The molecular formula is C11H20ClNO. The minimum Gasteiger partial charge on any atom is -0.356 e. The van der Waals surface area contributed by atoms with Crippen molar-refractivity contribution >= 4 is 17.5 Å². The molecule has 1 aliphatic carbocycles. The Hall–Kier alpha value is -0.240. The molecule has 1 aliphatic rings. The molecule has 0 bridgehead atoms. The predicted molar refractivity (Wildman–Crippen MR) is 59.5 cm³/mol. The van der Waals surface area contributed by atoms with Gasteiger partial charge in [-0.1, -0.05) is 19.8 Å². The van der Waals surface area contributed by atoms with Gasteiger partial charge in [-0.2, -0.15) is 0 Å². The van der Waals surface area contributed by atoms with E-state index in [1.165, 1.54) is 6.42 Å². The number of carbonyl (C=O) groups excluding carboxylic acids is 1. The first-order valence-electron chi connectivity index (χ1n) is 5.61. The SMILES string of the molecule is CCC(CCCl)CNC(=O)C1CCC1. The molecule has 82 valence electrons. The highest BCUT2D eigenvalue weighted by Gasteiger charge is 2.25. The first kappa shape index (κ1) is 11.8. The van der Waals surface area contributed by atoms with Crippen molar-refractivity contribution in [1.29, 1.82) is 0 Å². The second kappa shape index (κ2) is 6.28. The normalized spacial score (nSPS) is 18.7. The molecule has 2 nitrogen and oxygen atoms in total. The van der Waals surface area contributed by atoms with Crippen molar-refractivity contribution < 1.29 is 4.79 Å². The Balaban J connectivity index is 2.13. The molecule has 1 atom stereocenters. The van der Waals surface area contributed by atoms with Crippen LogP contribution in [0, 0.1) is 11.8 Å². The van der Waals surface area contributed by atoms with Crippen molar-refractivity contribution in [1.82, 2.24) is 5.32 Å². The summed E-state index contributed by atoms with van der Waals surface area (Å²) >= 11 is 5.68. The fourth-order valence-electron chi connectivity index (χ4n) is 1.66. The van der Waals surface area contributed by atoms with E-state index in [0.717, 1.165) is 32.2 Å².